The van der Waals surface area contributed by atoms with E-state index in [9.17, 15) is 14.4 Å². The molecule has 6 nitrogen and oxygen atoms in total. The summed E-state index contributed by atoms with van der Waals surface area (Å²) < 4.78 is 4.67. The van der Waals surface area contributed by atoms with Crippen molar-refractivity contribution in [1.82, 2.24) is 4.98 Å². The number of methoxy groups -OCH3 is 1. The lowest BCUT2D eigenvalue weighted by Crippen LogP contribution is -2.15. The number of amides is 1. The van der Waals surface area contributed by atoms with Crippen LogP contribution in [-0.4, -0.2) is 24.0 Å². The molecule has 27 heavy (non-hydrogen) atoms. The van der Waals surface area contributed by atoms with Gasteiger partial charge in [-0.15, -0.1) is 0 Å². The predicted octanol–water partition coefficient (Wildman–Crippen LogP) is 3.46. The second-order valence-corrected chi connectivity index (χ2v) is 6.52. The maximum atomic E-state index is 12.4. The van der Waals surface area contributed by atoms with Gasteiger partial charge < -0.3 is 15.0 Å². The summed E-state index contributed by atoms with van der Waals surface area (Å²) in [6, 6.07) is 11.7. The first-order valence-electron chi connectivity index (χ1n) is 8.17. The van der Waals surface area contributed by atoms with Gasteiger partial charge in [0.2, 0.25) is 5.91 Å². The van der Waals surface area contributed by atoms with Crippen molar-refractivity contribution in [3.8, 4) is 0 Å². The zero-order valence-corrected chi connectivity index (χ0v) is 15.5. The Hall–Kier alpha value is -3.12. The van der Waals surface area contributed by atoms with E-state index in [4.69, 9.17) is 11.6 Å². The van der Waals surface area contributed by atoms with Gasteiger partial charge >= 0.3 is 5.97 Å². The van der Waals surface area contributed by atoms with E-state index in [-0.39, 0.29) is 17.9 Å². The number of ether oxygens (including phenoxy) is 1. The maximum Gasteiger partial charge on any atom is 0.337 e. The Labute approximate surface area is 160 Å². The second kappa shape index (κ2) is 7.63. The number of halogens is 1. The lowest BCUT2D eigenvalue weighted by molar-refractivity contribution is -0.115. The minimum atomic E-state index is -0.513. The summed E-state index contributed by atoms with van der Waals surface area (Å²) in [7, 11) is 1.28. The number of aromatic amines is 1. The van der Waals surface area contributed by atoms with Gasteiger partial charge in [0.25, 0.3) is 5.56 Å². The summed E-state index contributed by atoms with van der Waals surface area (Å²) in [5.41, 5.74) is 2.60. The number of pyridine rings is 1. The van der Waals surface area contributed by atoms with Crippen LogP contribution in [0, 0.1) is 6.92 Å². The van der Waals surface area contributed by atoms with E-state index in [2.05, 4.69) is 15.0 Å². The third kappa shape index (κ3) is 4.17. The van der Waals surface area contributed by atoms with E-state index in [1.165, 1.54) is 25.3 Å². The quantitative estimate of drug-likeness (QED) is 0.674. The van der Waals surface area contributed by atoms with E-state index in [1.54, 1.807) is 25.1 Å². The van der Waals surface area contributed by atoms with Crippen LogP contribution in [-0.2, 0) is 16.0 Å². The van der Waals surface area contributed by atoms with Gasteiger partial charge in [-0.3, -0.25) is 9.59 Å². The van der Waals surface area contributed by atoms with E-state index in [0.29, 0.717) is 27.4 Å². The van der Waals surface area contributed by atoms with Crippen molar-refractivity contribution < 1.29 is 14.3 Å². The lowest BCUT2D eigenvalue weighted by atomic mass is 10.1. The molecule has 7 heteroatoms. The van der Waals surface area contributed by atoms with Gasteiger partial charge in [-0.2, -0.15) is 0 Å². The highest BCUT2D eigenvalue weighted by Gasteiger charge is 2.12. The molecule has 3 rings (SSSR count). The van der Waals surface area contributed by atoms with Gasteiger partial charge in [-0.1, -0.05) is 17.7 Å². The number of aryl methyl sites for hydroxylation is 1. The highest BCUT2D eigenvalue weighted by Crippen LogP contribution is 2.24. The Balaban J connectivity index is 1.80. The van der Waals surface area contributed by atoms with Crippen molar-refractivity contribution in [2.45, 2.75) is 13.3 Å². The number of hydrogen-bond donors (Lipinski definition) is 2. The van der Waals surface area contributed by atoms with Crippen LogP contribution in [0.4, 0.5) is 5.69 Å². The van der Waals surface area contributed by atoms with E-state index in [0.717, 1.165) is 10.9 Å². The van der Waals surface area contributed by atoms with E-state index >= 15 is 0 Å². The average molecular weight is 385 g/mol. The molecule has 0 aliphatic carbocycles. The molecule has 0 bridgehead atoms. The number of carbonyl (C=O) groups excluding carboxylic acids is 2. The minimum Gasteiger partial charge on any atom is -0.465 e. The average Bonchev–Trinajstić information content (AvgIpc) is 2.64. The molecule has 138 valence electrons. The molecule has 0 saturated heterocycles. The van der Waals surface area contributed by atoms with Crippen molar-refractivity contribution in [1.29, 1.82) is 0 Å². The zero-order chi connectivity index (χ0) is 19.6. The Morgan fingerprint density at radius 3 is 2.67 bits per heavy atom. The van der Waals surface area contributed by atoms with Crippen molar-refractivity contribution in [2.75, 3.05) is 12.4 Å². The second-order valence-electron chi connectivity index (χ2n) is 6.11. The molecule has 0 spiro atoms. The highest BCUT2D eigenvalue weighted by molar-refractivity contribution is 6.33. The smallest absolute Gasteiger partial charge is 0.337 e. The number of aromatic nitrogens is 1. The first-order chi connectivity index (χ1) is 12.9. The molecule has 1 amide bonds. The molecule has 2 N–H and O–H groups in total. The monoisotopic (exact) mass is 384 g/mol. The molecule has 3 aromatic rings. The Morgan fingerprint density at radius 1 is 1.15 bits per heavy atom. The third-order valence-electron chi connectivity index (χ3n) is 4.12. The fourth-order valence-corrected chi connectivity index (χ4v) is 2.89. The fourth-order valence-electron chi connectivity index (χ4n) is 2.72. The van der Waals surface area contributed by atoms with Gasteiger partial charge in [0.05, 0.1) is 29.8 Å². The summed E-state index contributed by atoms with van der Waals surface area (Å²) in [5.74, 6) is -0.791. The van der Waals surface area contributed by atoms with Crippen molar-refractivity contribution in [3.05, 3.63) is 74.5 Å². The molecule has 0 aliphatic rings. The SMILES string of the molecule is COC(=O)c1ccc(Cl)c(NC(=O)Cc2ccc3[nH]c(=O)c(C)cc3c2)c1. The van der Waals surface area contributed by atoms with Gasteiger partial charge in [0, 0.05) is 11.1 Å². The summed E-state index contributed by atoms with van der Waals surface area (Å²) in [6.45, 7) is 1.73. The van der Waals surface area contributed by atoms with Gasteiger partial charge in [-0.25, -0.2) is 4.79 Å². The standard InChI is InChI=1S/C20H17ClN2O4/c1-11-7-14-8-12(3-6-16(14)23-19(11)25)9-18(24)22-17-10-13(20(26)27-2)4-5-15(17)21/h3-8,10H,9H2,1-2H3,(H,22,24)(H,23,25). The van der Waals surface area contributed by atoms with Crippen LogP contribution in [0.1, 0.15) is 21.5 Å². The molecule has 2 aromatic carbocycles. The number of rotatable bonds is 4. The maximum absolute atomic E-state index is 12.4. The zero-order valence-electron chi connectivity index (χ0n) is 14.8. The van der Waals surface area contributed by atoms with Crippen LogP contribution in [0.2, 0.25) is 5.02 Å². The molecule has 0 unspecified atom stereocenters. The summed E-state index contributed by atoms with van der Waals surface area (Å²) >= 11 is 6.10. The Bertz CT molecular complexity index is 1100. The molecule has 1 aromatic heterocycles. The number of benzene rings is 2. The van der Waals surface area contributed by atoms with Crippen LogP contribution < -0.4 is 10.9 Å². The van der Waals surface area contributed by atoms with Crippen LogP contribution in [0.3, 0.4) is 0 Å². The van der Waals surface area contributed by atoms with Gasteiger partial charge in [-0.05, 0) is 54.3 Å². The van der Waals surface area contributed by atoms with Crippen LogP contribution in [0.5, 0.6) is 0 Å². The molecule has 1 heterocycles. The predicted molar refractivity (Wildman–Crippen MR) is 104 cm³/mol. The summed E-state index contributed by atoms with van der Waals surface area (Å²) in [5, 5.41) is 3.88. The van der Waals surface area contributed by atoms with Crippen molar-refractivity contribution >= 4 is 40.1 Å². The molecule has 0 saturated carbocycles. The van der Waals surface area contributed by atoms with Gasteiger partial charge in [0.15, 0.2) is 0 Å². The number of nitrogens with one attached hydrogen (secondary N) is 2. The topological polar surface area (TPSA) is 88.3 Å². The third-order valence-corrected chi connectivity index (χ3v) is 4.45. The first-order valence-corrected chi connectivity index (χ1v) is 8.55. The molecule has 0 fully saturated rings. The number of carbonyl (C=O) groups is 2. The van der Waals surface area contributed by atoms with Crippen LogP contribution in [0.15, 0.2) is 47.3 Å². The first kappa shape index (κ1) is 18.7. The fraction of sp³-hybridized carbons (Fsp3) is 0.150. The number of esters is 1. The number of hydrogen-bond acceptors (Lipinski definition) is 4. The molecule has 0 radical (unpaired) electrons. The van der Waals surface area contributed by atoms with Crippen molar-refractivity contribution in [2.24, 2.45) is 0 Å². The summed E-state index contributed by atoms with van der Waals surface area (Å²) in [6.07, 6.45) is 0.118. The van der Waals surface area contributed by atoms with E-state index < -0.39 is 5.97 Å². The number of H-pyrrole nitrogens is 1. The lowest BCUT2D eigenvalue weighted by Gasteiger charge is -2.09. The molecule has 0 atom stereocenters. The molecule has 0 aliphatic heterocycles. The van der Waals surface area contributed by atoms with Crippen LogP contribution >= 0.6 is 11.6 Å². The van der Waals surface area contributed by atoms with Gasteiger partial charge in [0.1, 0.15) is 0 Å². The molecular formula is C20H17ClN2O4. The Morgan fingerprint density at radius 2 is 1.93 bits per heavy atom. The largest absolute Gasteiger partial charge is 0.465 e. The molecular weight excluding hydrogens is 368 g/mol. The number of fused-ring (bicyclic) bond motifs is 1. The number of anilines is 1. The summed E-state index contributed by atoms with van der Waals surface area (Å²) in [4.78, 5) is 38.5. The Kier molecular flexibility index (Phi) is 5.28. The normalized spacial score (nSPS) is 10.6. The van der Waals surface area contributed by atoms with E-state index in [1.807, 2.05) is 6.07 Å². The minimum absolute atomic E-state index is 0.118. The van der Waals surface area contributed by atoms with Crippen LogP contribution in [0.25, 0.3) is 10.9 Å². The van der Waals surface area contributed by atoms with Crippen molar-refractivity contribution in [3.63, 3.8) is 0 Å². The highest BCUT2D eigenvalue weighted by atomic mass is 35.5.